The van der Waals surface area contributed by atoms with Crippen molar-refractivity contribution in [2.45, 2.75) is 31.4 Å². The fourth-order valence-corrected chi connectivity index (χ4v) is 4.27. The molecule has 3 aromatic carbocycles. The van der Waals surface area contributed by atoms with Gasteiger partial charge < -0.3 is 14.8 Å². The van der Waals surface area contributed by atoms with Crippen LogP contribution < -0.4 is 10.1 Å². The standard InChI is InChI=1S/C26H26BrNO3/c27-23-12-10-22(11-13-23)26(14-16-30-17-15-26)25(29)28-18-21-8-4-5-9-24(21)31-19-20-6-2-1-3-7-20/h1-13H,14-19H2,(H,28,29). The maximum atomic E-state index is 13.5. The van der Waals surface area contributed by atoms with Crippen molar-refractivity contribution in [1.82, 2.24) is 5.32 Å². The molecule has 1 fully saturated rings. The number of para-hydroxylation sites is 1. The second kappa shape index (κ2) is 10.1. The van der Waals surface area contributed by atoms with Crippen LogP contribution >= 0.6 is 15.9 Å². The zero-order valence-electron chi connectivity index (χ0n) is 17.4. The van der Waals surface area contributed by atoms with Crippen molar-refractivity contribution in [3.63, 3.8) is 0 Å². The van der Waals surface area contributed by atoms with E-state index in [2.05, 4.69) is 21.2 Å². The zero-order valence-corrected chi connectivity index (χ0v) is 18.9. The summed E-state index contributed by atoms with van der Waals surface area (Å²) in [4.78, 5) is 13.5. The molecule has 0 radical (unpaired) electrons. The highest BCUT2D eigenvalue weighted by atomic mass is 79.9. The number of nitrogens with one attached hydrogen (secondary N) is 1. The molecule has 4 nitrogen and oxygen atoms in total. The largest absolute Gasteiger partial charge is 0.489 e. The summed E-state index contributed by atoms with van der Waals surface area (Å²) in [6, 6.07) is 26.0. The third-order valence-electron chi connectivity index (χ3n) is 5.83. The Morgan fingerprint density at radius 3 is 2.35 bits per heavy atom. The second-order valence-corrected chi connectivity index (χ2v) is 8.68. The Bertz CT molecular complexity index is 999. The van der Waals surface area contributed by atoms with E-state index in [-0.39, 0.29) is 5.91 Å². The highest BCUT2D eigenvalue weighted by molar-refractivity contribution is 9.10. The molecule has 1 aliphatic heterocycles. The van der Waals surface area contributed by atoms with Gasteiger partial charge in [-0.1, -0.05) is 76.6 Å². The molecule has 1 amide bonds. The topological polar surface area (TPSA) is 47.6 Å². The molecule has 1 saturated heterocycles. The van der Waals surface area contributed by atoms with Crippen molar-refractivity contribution in [2.75, 3.05) is 13.2 Å². The molecule has 31 heavy (non-hydrogen) atoms. The molecule has 1 heterocycles. The molecule has 1 aliphatic rings. The van der Waals surface area contributed by atoms with E-state index in [0.29, 0.717) is 39.2 Å². The molecule has 0 bridgehead atoms. The molecule has 3 aromatic rings. The third kappa shape index (κ3) is 5.17. The first-order valence-electron chi connectivity index (χ1n) is 10.5. The molecule has 0 atom stereocenters. The molecule has 1 N–H and O–H groups in total. The predicted molar refractivity (Wildman–Crippen MR) is 125 cm³/mol. The van der Waals surface area contributed by atoms with E-state index in [0.717, 1.165) is 26.9 Å². The lowest BCUT2D eigenvalue weighted by Crippen LogP contribution is -2.47. The number of hydrogen-bond donors (Lipinski definition) is 1. The second-order valence-electron chi connectivity index (χ2n) is 7.77. The first kappa shape index (κ1) is 21.6. The summed E-state index contributed by atoms with van der Waals surface area (Å²) in [7, 11) is 0. The van der Waals surface area contributed by atoms with E-state index in [1.165, 1.54) is 0 Å². The lowest BCUT2D eigenvalue weighted by atomic mass is 9.73. The van der Waals surface area contributed by atoms with Gasteiger partial charge >= 0.3 is 0 Å². The van der Waals surface area contributed by atoms with E-state index < -0.39 is 5.41 Å². The molecule has 0 saturated carbocycles. The van der Waals surface area contributed by atoms with Crippen molar-refractivity contribution >= 4 is 21.8 Å². The molecule has 0 aromatic heterocycles. The van der Waals surface area contributed by atoms with Crippen LogP contribution in [-0.4, -0.2) is 19.1 Å². The molecular formula is C26H26BrNO3. The van der Waals surface area contributed by atoms with Gasteiger partial charge in [0.1, 0.15) is 12.4 Å². The van der Waals surface area contributed by atoms with Gasteiger partial charge in [-0.2, -0.15) is 0 Å². The molecule has 5 heteroatoms. The van der Waals surface area contributed by atoms with Gasteiger partial charge in [0.05, 0.1) is 5.41 Å². The number of hydrogen-bond acceptors (Lipinski definition) is 3. The van der Waals surface area contributed by atoms with E-state index in [4.69, 9.17) is 9.47 Å². The minimum absolute atomic E-state index is 0.0379. The van der Waals surface area contributed by atoms with E-state index in [1.54, 1.807) is 0 Å². The summed E-state index contributed by atoms with van der Waals surface area (Å²) < 4.78 is 12.6. The van der Waals surface area contributed by atoms with Gasteiger partial charge in [0.25, 0.3) is 0 Å². The van der Waals surface area contributed by atoms with Crippen molar-refractivity contribution < 1.29 is 14.3 Å². The average Bonchev–Trinajstić information content (AvgIpc) is 2.83. The number of carbonyl (C=O) groups is 1. The van der Waals surface area contributed by atoms with Gasteiger partial charge in [0, 0.05) is 29.8 Å². The fraction of sp³-hybridized carbons (Fsp3) is 0.269. The summed E-state index contributed by atoms with van der Waals surface area (Å²) in [5, 5.41) is 3.17. The quantitative estimate of drug-likeness (QED) is 0.493. The SMILES string of the molecule is O=C(NCc1ccccc1OCc1ccccc1)C1(c2ccc(Br)cc2)CCOCC1. The third-order valence-corrected chi connectivity index (χ3v) is 6.36. The fourth-order valence-electron chi connectivity index (χ4n) is 4.01. The van der Waals surface area contributed by atoms with Crippen molar-refractivity contribution in [1.29, 1.82) is 0 Å². The molecular weight excluding hydrogens is 454 g/mol. The van der Waals surface area contributed by atoms with Gasteiger partial charge in [-0.3, -0.25) is 4.79 Å². The predicted octanol–water partition coefficient (Wildman–Crippen LogP) is 5.39. The Balaban J connectivity index is 1.47. The van der Waals surface area contributed by atoms with E-state index >= 15 is 0 Å². The van der Waals surface area contributed by atoms with Crippen molar-refractivity contribution in [2.24, 2.45) is 0 Å². The minimum atomic E-state index is -0.571. The molecule has 4 rings (SSSR count). The normalized spacial score (nSPS) is 15.3. The van der Waals surface area contributed by atoms with Crippen LogP contribution in [0.15, 0.2) is 83.3 Å². The summed E-state index contributed by atoms with van der Waals surface area (Å²) in [5.74, 6) is 0.826. The molecule has 0 aliphatic carbocycles. The summed E-state index contributed by atoms with van der Waals surface area (Å²) in [6.45, 7) is 2.08. The van der Waals surface area contributed by atoms with Gasteiger partial charge in [0.2, 0.25) is 5.91 Å². The Kier molecular flexibility index (Phi) is 7.05. The first-order valence-corrected chi connectivity index (χ1v) is 11.3. The van der Waals surface area contributed by atoms with Crippen LogP contribution in [0.1, 0.15) is 29.5 Å². The maximum Gasteiger partial charge on any atom is 0.231 e. The van der Waals surface area contributed by atoms with Crippen LogP contribution in [0.25, 0.3) is 0 Å². The van der Waals surface area contributed by atoms with E-state index in [9.17, 15) is 4.79 Å². The Morgan fingerprint density at radius 1 is 0.935 bits per heavy atom. The Hall–Kier alpha value is -2.63. The van der Waals surface area contributed by atoms with Gasteiger partial charge in [-0.15, -0.1) is 0 Å². The monoisotopic (exact) mass is 479 g/mol. The molecule has 160 valence electrons. The Morgan fingerprint density at radius 2 is 1.61 bits per heavy atom. The van der Waals surface area contributed by atoms with Crippen LogP contribution in [-0.2, 0) is 28.1 Å². The smallest absolute Gasteiger partial charge is 0.231 e. The number of amides is 1. The minimum Gasteiger partial charge on any atom is -0.489 e. The van der Waals surface area contributed by atoms with Crippen LogP contribution in [0.4, 0.5) is 0 Å². The van der Waals surface area contributed by atoms with Crippen LogP contribution in [0.5, 0.6) is 5.75 Å². The highest BCUT2D eigenvalue weighted by Crippen LogP contribution is 2.36. The number of benzene rings is 3. The lowest BCUT2D eigenvalue weighted by Gasteiger charge is -2.36. The highest BCUT2D eigenvalue weighted by Gasteiger charge is 2.41. The summed E-state index contributed by atoms with van der Waals surface area (Å²) in [5.41, 5.74) is 2.53. The number of carbonyl (C=O) groups excluding carboxylic acids is 1. The maximum absolute atomic E-state index is 13.5. The van der Waals surface area contributed by atoms with E-state index in [1.807, 2.05) is 78.9 Å². The average molecular weight is 480 g/mol. The van der Waals surface area contributed by atoms with Gasteiger partial charge in [0.15, 0.2) is 0 Å². The molecule has 0 unspecified atom stereocenters. The zero-order chi connectivity index (χ0) is 21.5. The lowest BCUT2D eigenvalue weighted by molar-refractivity contribution is -0.130. The molecule has 0 spiro atoms. The number of rotatable bonds is 7. The Labute approximate surface area is 191 Å². The number of ether oxygens (including phenoxy) is 2. The van der Waals surface area contributed by atoms with Crippen LogP contribution in [0.2, 0.25) is 0 Å². The van der Waals surface area contributed by atoms with Gasteiger partial charge in [-0.05, 0) is 42.2 Å². The first-order chi connectivity index (χ1) is 15.2. The summed E-state index contributed by atoms with van der Waals surface area (Å²) in [6.07, 6.45) is 1.35. The van der Waals surface area contributed by atoms with Gasteiger partial charge in [-0.25, -0.2) is 0 Å². The van der Waals surface area contributed by atoms with Crippen molar-refractivity contribution in [3.05, 3.63) is 100 Å². The van der Waals surface area contributed by atoms with Crippen LogP contribution in [0, 0.1) is 0 Å². The van der Waals surface area contributed by atoms with Crippen LogP contribution in [0.3, 0.4) is 0 Å². The summed E-state index contributed by atoms with van der Waals surface area (Å²) >= 11 is 3.49. The van der Waals surface area contributed by atoms with Crippen molar-refractivity contribution in [3.8, 4) is 5.75 Å². The number of halogens is 1.